The summed E-state index contributed by atoms with van der Waals surface area (Å²) in [7, 11) is 0. The monoisotopic (exact) mass is 231 g/mol. The predicted octanol–water partition coefficient (Wildman–Crippen LogP) is 2.28. The van der Waals surface area contributed by atoms with Crippen LogP contribution in [0.2, 0.25) is 0 Å². The summed E-state index contributed by atoms with van der Waals surface area (Å²) in [6.45, 7) is 6.11. The number of nitrogens with zero attached hydrogens (tertiary/aromatic N) is 1. The molecular formula is C14H17NO2. The van der Waals surface area contributed by atoms with Gasteiger partial charge in [0.1, 0.15) is 0 Å². The van der Waals surface area contributed by atoms with Gasteiger partial charge in [-0.2, -0.15) is 0 Å². The number of para-hydroxylation sites is 1. The summed E-state index contributed by atoms with van der Waals surface area (Å²) in [4.78, 5) is 13.7. The molecule has 0 aliphatic carbocycles. The van der Waals surface area contributed by atoms with Gasteiger partial charge in [0.05, 0.1) is 6.10 Å². The maximum atomic E-state index is 11.9. The first kappa shape index (κ1) is 11.9. The SMILES string of the molecule is C=CC1CC(=O)N(c2ccccc2C(C)O)C1. The number of hydrogen-bond donors (Lipinski definition) is 1. The van der Waals surface area contributed by atoms with Crippen LogP contribution in [0.15, 0.2) is 36.9 Å². The van der Waals surface area contributed by atoms with E-state index in [1.54, 1.807) is 11.8 Å². The molecule has 1 saturated heterocycles. The lowest BCUT2D eigenvalue weighted by molar-refractivity contribution is -0.117. The third-order valence-corrected chi connectivity index (χ3v) is 3.17. The molecule has 1 heterocycles. The standard InChI is InChI=1S/C14H17NO2/c1-3-11-8-14(17)15(9-11)13-7-5-4-6-12(13)10(2)16/h3-7,10-11,16H,1,8-9H2,2H3. The third-order valence-electron chi connectivity index (χ3n) is 3.17. The summed E-state index contributed by atoms with van der Waals surface area (Å²) in [5.74, 6) is 0.313. The van der Waals surface area contributed by atoms with Crippen LogP contribution < -0.4 is 4.90 Å². The topological polar surface area (TPSA) is 40.5 Å². The number of rotatable bonds is 3. The number of carbonyl (C=O) groups excluding carboxylic acids is 1. The van der Waals surface area contributed by atoms with Crippen molar-refractivity contribution in [2.45, 2.75) is 19.4 Å². The molecule has 90 valence electrons. The molecule has 1 N–H and O–H groups in total. The molecule has 1 aliphatic heterocycles. The number of aliphatic hydroxyl groups excluding tert-OH is 1. The summed E-state index contributed by atoms with van der Waals surface area (Å²) < 4.78 is 0. The van der Waals surface area contributed by atoms with Crippen LogP contribution in [-0.4, -0.2) is 17.6 Å². The predicted molar refractivity (Wildman–Crippen MR) is 67.7 cm³/mol. The van der Waals surface area contributed by atoms with Gasteiger partial charge in [0.25, 0.3) is 0 Å². The van der Waals surface area contributed by atoms with Crippen molar-refractivity contribution in [2.75, 3.05) is 11.4 Å². The van der Waals surface area contributed by atoms with E-state index in [1.807, 2.05) is 30.3 Å². The average Bonchev–Trinajstić information content (AvgIpc) is 2.70. The summed E-state index contributed by atoms with van der Waals surface area (Å²) in [6, 6.07) is 7.49. The summed E-state index contributed by atoms with van der Waals surface area (Å²) in [6.07, 6.45) is 1.77. The third kappa shape index (κ3) is 2.24. The van der Waals surface area contributed by atoms with Crippen molar-refractivity contribution < 1.29 is 9.90 Å². The largest absolute Gasteiger partial charge is 0.389 e. The van der Waals surface area contributed by atoms with Crippen molar-refractivity contribution >= 4 is 11.6 Å². The number of aliphatic hydroxyl groups is 1. The van der Waals surface area contributed by atoms with Crippen molar-refractivity contribution in [1.29, 1.82) is 0 Å². The highest BCUT2D eigenvalue weighted by molar-refractivity contribution is 5.96. The average molecular weight is 231 g/mol. The molecule has 1 aliphatic rings. The van der Waals surface area contributed by atoms with Gasteiger partial charge in [-0.05, 0) is 13.0 Å². The van der Waals surface area contributed by atoms with Gasteiger partial charge < -0.3 is 10.0 Å². The molecule has 2 rings (SSSR count). The van der Waals surface area contributed by atoms with E-state index in [2.05, 4.69) is 6.58 Å². The number of benzene rings is 1. The normalized spacial score (nSPS) is 21.6. The number of amides is 1. The first-order valence-corrected chi connectivity index (χ1v) is 5.83. The molecule has 0 aromatic heterocycles. The molecule has 2 unspecified atom stereocenters. The maximum Gasteiger partial charge on any atom is 0.227 e. The van der Waals surface area contributed by atoms with Gasteiger partial charge in [-0.15, -0.1) is 6.58 Å². The van der Waals surface area contributed by atoms with Gasteiger partial charge in [0.15, 0.2) is 0 Å². The second-order valence-corrected chi connectivity index (χ2v) is 4.44. The highest BCUT2D eigenvalue weighted by Gasteiger charge is 2.30. The van der Waals surface area contributed by atoms with Crippen LogP contribution in [0.4, 0.5) is 5.69 Å². The minimum atomic E-state index is -0.568. The molecular weight excluding hydrogens is 214 g/mol. The minimum absolute atomic E-state index is 0.100. The zero-order valence-corrected chi connectivity index (χ0v) is 9.97. The molecule has 3 heteroatoms. The fourth-order valence-corrected chi connectivity index (χ4v) is 2.21. The maximum absolute atomic E-state index is 11.9. The summed E-state index contributed by atoms with van der Waals surface area (Å²) in [5, 5.41) is 9.72. The van der Waals surface area contributed by atoms with Gasteiger partial charge in [-0.1, -0.05) is 24.3 Å². The van der Waals surface area contributed by atoms with Gasteiger partial charge in [0, 0.05) is 30.1 Å². The van der Waals surface area contributed by atoms with Crippen molar-refractivity contribution in [2.24, 2.45) is 5.92 Å². The molecule has 1 fully saturated rings. The molecule has 17 heavy (non-hydrogen) atoms. The van der Waals surface area contributed by atoms with Crippen LogP contribution in [0.5, 0.6) is 0 Å². The van der Waals surface area contributed by atoms with Crippen LogP contribution >= 0.6 is 0 Å². The summed E-state index contributed by atoms with van der Waals surface area (Å²) >= 11 is 0. The molecule has 1 aromatic rings. The van der Waals surface area contributed by atoms with Crippen LogP contribution in [0.3, 0.4) is 0 Å². The van der Waals surface area contributed by atoms with E-state index in [0.717, 1.165) is 11.3 Å². The highest BCUT2D eigenvalue weighted by Crippen LogP contribution is 2.31. The minimum Gasteiger partial charge on any atom is -0.389 e. The Balaban J connectivity index is 2.34. The van der Waals surface area contributed by atoms with E-state index >= 15 is 0 Å². The van der Waals surface area contributed by atoms with E-state index < -0.39 is 6.10 Å². The first-order chi connectivity index (χ1) is 8.13. The molecule has 1 amide bonds. The molecule has 0 saturated carbocycles. The molecule has 2 atom stereocenters. The van der Waals surface area contributed by atoms with Gasteiger partial charge in [0.2, 0.25) is 5.91 Å². The Morgan fingerprint density at radius 1 is 1.53 bits per heavy atom. The summed E-state index contributed by atoms with van der Waals surface area (Å²) in [5.41, 5.74) is 1.61. The van der Waals surface area contributed by atoms with Crippen LogP contribution in [0.25, 0.3) is 0 Å². The second-order valence-electron chi connectivity index (χ2n) is 4.44. The Kier molecular flexibility index (Phi) is 3.29. The Morgan fingerprint density at radius 2 is 2.24 bits per heavy atom. The molecule has 3 nitrogen and oxygen atoms in total. The number of anilines is 1. The van der Waals surface area contributed by atoms with Crippen LogP contribution in [-0.2, 0) is 4.79 Å². The fourth-order valence-electron chi connectivity index (χ4n) is 2.21. The Bertz CT molecular complexity index is 440. The molecule has 0 spiro atoms. The van der Waals surface area contributed by atoms with E-state index in [9.17, 15) is 9.90 Å². The first-order valence-electron chi connectivity index (χ1n) is 5.83. The Labute approximate surface area is 101 Å². The van der Waals surface area contributed by atoms with E-state index in [0.29, 0.717) is 13.0 Å². The number of hydrogen-bond acceptors (Lipinski definition) is 2. The molecule has 1 aromatic carbocycles. The van der Waals surface area contributed by atoms with Crippen LogP contribution in [0.1, 0.15) is 25.0 Å². The fraction of sp³-hybridized carbons (Fsp3) is 0.357. The number of carbonyl (C=O) groups is 1. The van der Waals surface area contributed by atoms with Crippen molar-refractivity contribution in [1.82, 2.24) is 0 Å². The van der Waals surface area contributed by atoms with Crippen LogP contribution in [0, 0.1) is 5.92 Å². The van der Waals surface area contributed by atoms with E-state index in [-0.39, 0.29) is 11.8 Å². The quantitative estimate of drug-likeness (QED) is 0.811. The molecule has 0 bridgehead atoms. The Hall–Kier alpha value is -1.61. The lowest BCUT2D eigenvalue weighted by atomic mass is 10.1. The molecule has 0 radical (unpaired) electrons. The van der Waals surface area contributed by atoms with Crippen molar-refractivity contribution in [3.63, 3.8) is 0 Å². The van der Waals surface area contributed by atoms with Gasteiger partial charge in [-0.3, -0.25) is 4.79 Å². The Morgan fingerprint density at radius 3 is 2.82 bits per heavy atom. The van der Waals surface area contributed by atoms with Crippen molar-refractivity contribution in [3.8, 4) is 0 Å². The van der Waals surface area contributed by atoms with Gasteiger partial charge in [-0.25, -0.2) is 0 Å². The smallest absolute Gasteiger partial charge is 0.227 e. The van der Waals surface area contributed by atoms with Gasteiger partial charge >= 0.3 is 0 Å². The zero-order chi connectivity index (χ0) is 12.4. The zero-order valence-electron chi connectivity index (χ0n) is 9.97. The van der Waals surface area contributed by atoms with Crippen molar-refractivity contribution in [3.05, 3.63) is 42.5 Å². The lowest BCUT2D eigenvalue weighted by Crippen LogP contribution is -2.25. The highest BCUT2D eigenvalue weighted by atomic mass is 16.3. The lowest BCUT2D eigenvalue weighted by Gasteiger charge is -2.21. The second kappa shape index (κ2) is 4.72. The van der Waals surface area contributed by atoms with E-state index in [1.165, 1.54) is 0 Å². The van der Waals surface area contributed by atoms with E-state index in [4.69, 9.17) is 0 Å².